The summed E-state index contributed by atoms with van der Waals surface area (Å²) >= 11 is 0. The SMILES string of the molecule is Cc1cc(F)ccc1-c1ccc(C(=O)Nc2ccccc2CN2CCCC2C(N)=O)cc1F. The first-order valence-corrected chi connectivity index (χ1v) is 10.8. The first kappa shape index (κ1) is 22.6. The average Bonchev–Trinajstić information content (AvgIpc) is 3.24. The summed E-state index contributed by atoms with van der Waals surface area (Å²) in [6.45, 7) is 2.94. The number of aryl methyl sites for hydroxylation is 1. The minimum atomic E-state index is -0.563. The fourth-order valence-electron chi connectivity index (χ4n) is 4.34. The molecule has 0 aromatic heterocycles. The Bertz CT molecular complexity index is 1210. The van der Waals surface area contributed by atoms with E-state index in [1.54, 1.807) is 25.1 Å². The molecule has 0 saturated carbocycles. The van der Waals surface area contributed by atoms with Crippen molar-refractivity contribution in [1.82, 2.24) is 4.90 Å². The highest BCUT2D eigenvalue weighted by molar-refractivity contribution is 6.05. The first-order valence-electron chi connectivity index (χ1n) is 10.8. The van der Waals surface area contributed by atoms with E-state index in [9.17, 15) is 18.4 Å². The molecule has 33 heavy (non-hydrogen) atoms. The lowest BCUT2D eigenvalue weighted by atomic mass is 9.98. The van der Waals surface area contributed by atoms with Gasteiger partial charge >= 0.3 is 0 Å². The molecule has 1 atom stereocenters. The summed E-state index contributed by atoms with van der Waals surface area (Å²) in [6.07, 6.45) is 1.62. The predicted octanol–water partition coefficient (Wildman–Crippen LogP) is 4.64. The number of primary amides is 1. The van der Waals surface area contributed by atoms with Crippen molar-refractivity contribution >= 4 is 17.5 Å². The largest absolute Gasteiger partial charge is 0.368 e. The Kier molecular flexibility index (Phi) is 6.51. The molecule has 0 spiro atoms. The maximum absolute atomic E-state index is 14.9. The Labute approximate surface area is 191 Å². The van der Waals surface area contributed by atoms with Crippen LogP contribution in [-0.4, -0.2) is 29.3 Å². The van der Waals surface area contributed by atoms with E-state index in [0.29, 0.717) is 28.9 Å². The Morgan fingerprint density at radius 3 is 2.55 bits per heavy atom. The fraction of sp³-hybridized carbons (Fsp3) is 0.231. The van der Waals surface area contributed by atoms with E-state index in [0.717, 1.165) is 24.9 Å². The van der Waals surface area contributed by atoms with Gasteiger partial charge in [0.1, 0.15) is 11.6 Å². The van der Waals surface area contributed by atoms with Gasteiger partial charge in [0.2, 0.25) is 5.91 Å². The second kappa shape index (κ2) is 9.50. The van der Waals surface area contributed by atoms with Gasteiger partial charge in [-0.3, -0.25) is 14.5 Å². The van der Waals surface area contributed by atoms with Gasteiger partial charge < -0.3 is 11.1 Å². The maximum Gasteiger partial charge on any atom is 0.255 e. The molecule has 1 saturated heterocycles. The number of halogens is 2. The van der Waals surface area contributed by atoms with E-state index >= 15 is 0 Å². The van der Waals surface area contributed by atoms with Crippen molar-refractivity contribution in [3.63, 3.8) is 0 Å². The van der Waals surface area contributed by atoms with Crippen LogP contribution in [0, 0.1) is 18.6 Å². The third-order valence-corrected chi connectivity index (χ3v) is 6.04. The number of nitrogens with zero attached hydrogens (tertiary/aromatic N) is 1. The van der Waals surface area contributed by atoms with E-state index < -0.39 is 11.7 Å². The fourth-order valence-corrected chi connectivity index (χ4v) is 4.34. The van der Waals surface area contributed by atoms with Crippen molar-refractivity contribution in [2.75, 3.05) is 11.9 Å². The lowest BCUT2D eigenvalue weighted by Crippen LogP contribution is -2.39. The quantitative estimate of drug-likeness (QED) is 0.576. The molecule has 1 fully saturated rings. The Morgan fingerprint density at radius 2 is 1.82 bits per heavy atom. The van der Waals surface area contributed by atoms with E-state index in [4.69, 9.17) is 5.73 Å². The molecule has 3 N–H and O–H groups in total. The van der Waals surface area contributed by atoms with Crippen LogP contribution >= 0.6 is 0 Å². The Morgan fingerprint density at radius 1 is 1.06 bits per heavy atom. The molecule has 0 bridgehead atoms. The van der Waals surface area contributed by atoms with Crippen molar-refractivity contribution < 1.29 is 18.4 Å². The number of hydrogen-bond donors (Lipinski definition) is 2. The number of anilines is 1. The number of amides is 2. The molecule has 0 radical (unpaired) electrons. The van der Waals surface area contributed by atoms with Gasteiger partial charge in [-0.2, -0.15) is 0 Å². The number of hydrogen-bond acceptors (Lipinski definition) is 3. The van der Waals surface area contributed by atoms with Crippen LogP contribution in [0.4, 0.5) is 14.5 Å². The van der Waals surface area contributed by atoms with Crippen LogP contribution in [0.1, 0.15) is 34.3 Å². The molecule has 1 unspecified atom stereocenters. The summed E-state index contributed by atoms with van der Waals surface area (Å²) in [5.41, 5.74) is 8.60. The summed E-state index contributed by atoms with van der Waals surface area (Å²) in [5.74, 6) is -1.74. The van der Waals surface area contributed by atoms with Gasteiger partial charge in [-0.1, -0.05) is 30.3 Å². The van der Waals surface area contributed by atoms with Gasteiger partial charge in [0.25, 0.3) is 5.91 Å². The summed E-state index contributed by atoms with van der Waals surface area (Å²) < 4.78 is 28.2. The van der Waals surface area contributed by atoms with Crippen LogP contribution in [0.25, 0.3) is 11.1 Å². The number of nitrogens with two attached hydrogens (primary N) is 1. The number of benzene rings is 3. The molecule has 2 amide bonds. The zero-order chi connectivity index (χ0) is 23.5. The van der Waals surface area contributed by atoms with Crippen LogP contribution < -0.4 is 11.1 Å². The lowest BCUT2D eigenvalue weighted by Gasteiger charge is -2.23. The van der Waals surface area contributed by atoms with Crippen LogP contribution in [-0.2, 0) is 11.3 Å². The van der Waals surface area contributed by atoms with Gasteiger partial charge in [0.15, 0.2) is 0 Å². The standard InChI is InChI=1S/C26H25F2N3O2/c1-16-13-19(27)9-11-20(16)21-10-8-17(14-22(21)28)26(33)30-23-6-3-2-5-18(23)15-31-12-4-7-24(31)25(29)32/h2-3,5-6,8-11,13-14,24H,4,7,12,15H2,1H3,(H2,29,32)(H,30,33). The number of para-hydroxylation sites is 1. The third-order valence-electron chi connectivity index (χ3n) is 6.04. The average molecular weight is 450 g/mol. The van der Waals surface area contributed by atoms with Gasteiger partial charge in [0.05, 0.1) is 6.04 Å². The zero-order valence-electron chi connectivity index (χ0n) is 18.3. The van der Waals surface area contributed by atoms with Crippen LogP contribution in [0.3, 0.4) is 0 Å². The number of nitrogens with one attached hydrogen (secondary N) is 1. The molecule has 1 aliphatic heterocycles. The number of likely N-dealkylation sites (tertiary alicyclic amines) is 1. The van der Waals surface area contributed by atoms with E-state index in [2.05, 4.69) is 5.32 Å². The summed E-state index contributed by atoms with van der Waals surface area (Å²) in [4.78, 5) is 26.6. The predicted molar refractivity (Wildman–Crippen MR) is 124 cm³/mol. The van der Waals surface area contributed by atoms with Gasteiger partial charge in [-0.05, 0) is 73.3 Å². The topological polar surface area (TPSA) is 75.4 Å². The molecule has 4 rings (SSSR count). The minimum Gasteiger partial charge on any atom is -0.368 e. The minimum absolute atomic E-state index is 0.169. The summed E-state index contributed by atoms with van der Waals surface area (Å²) in [5, 5.41) is 2.85. The van der Waals surface area contributed by atoms with Gasteiger partial charge in [-0.25, -0.2) is 8.78 Å². The molecule has 1 aliphatic rings. The monoisotopic (exact) mass is 449 g/mol. The number of carbonyl (C=O) groups is 2. The summed E-state index contributed by atoms with van der Waals surface area (Å²) in [7, 11) is 0. The third kappa shape index (κ3) is 4.93. The van der Waals surface area contributed by atoms with E-state index in [-0.39, 0.29) is 23.3 Å². The van der Waals surface area contributed by atoms with Crippen LogP contribution in [0.5, 0.6) is 0 Å². The van der Waals surface area contributed by atoms with Gasteiger partial charge in [-0.15, -0.1) is 0 Å². The molecular weight excluding hydrogens is 424 g/mol. The summed E-state index contributed by atoms with van der Waals surface area (Å²) in [6, 6.07) is 15.4. The molecule has 3 aromatic rings. The van der Waals surface area contributed by atoms with Crippen molar-refractivity contribution in [3.8, 4) is 11.1 Å². The Balaban J connectivity index is 1.53. The highest BCUT2D eigenvalue weighted by atomic mass is 19.1. The van der Waals surface area contributed by atoms with Gasteiger partial charge in [0, 0.05) is 23.4 Å². The van der Waals surface area contributed by atoms with Crippen molar-refractivity contribution in [3.05, 3.63) is 89.0 Å². The molecule has 170 valence electrons. The van der Waals surface area contributed by atoms with Crippen molar-refractivity contribution in [2.45, 2.75) is 32.4 Å². The highest BCUT2D eigenvalue weighted by Crippen LogP contribution is 2.28. The number of carbonyl (C=O) groups excluding carboxylic acids is 2. The maximum atomic E-state index is 14.9. The van der Waals surface area contributed by atoms with Crippen LogP contribution in [0.15, 0.2) is 60.7 Å². The highest BCUT2D eigenvalue weighted by Gasteiger charge is 2.29. The number of rotatable bonds is 6. The molecule has 7 heteroatoms. The molecule has 0 aliphatic carbocycles. The van der Waals surface area contributed by atoms with Crippen LogP contribution in [0.2, 0.25) is 0 Å². The van der Waals surface area contributed by atoms with E-state index in [1.807, 2.05) is 17.0 Å². The molecular formula is C26H25F2N3O2. The smallest absolute Gasteiger partial charge is 0.255 e. The normalized spacial score (nSPS) is 16.0. The second-order valence-electron chi connectivity index (χ2n) is 8.30. The molecule has 1 heterocycles. The van der Waals surface area contributed by atoms with Crippen molar-refractivity contribution in [2.24, 2.45) is 5.73 Å². The lowest BCUT2D eigenvalue weighted by molar-refractivity contribution is -0.122. The molecule has 3 aromatic carbocycles. The second-order valence-corrected chi connectivity index (χ2v) is 8.30. The molecule has 5 nitrogen and oxygen atoms in total. The first-order chi connectivity index (χ1) is 15.8. The zero-order valence-corrected chi connectivity index (χ0v) is 18.3. The van der Waals surface area contributed by atoms with E-state index in [1.165, 1.54) is 30.3 Å². The van der Waals surface area contributed by atoms with Crippen molar-refractivity contribution in [1.29, 1.82) is 0 Å². The Hall–Kier alpha value is -3.58.